The van der Waals surface area contributed by atoms with Gasteiger partial charge in [-0.05, 0) is 66.3 Å². The maximum absolute atomic E-state index is 12.7. The summed E-state index contributed by atoms with van der Waals surface area (Å²) in [6.45, 7) is 0.754. The van der Waals surface area contributed by atoms with E-state index in [4.69, 9.17) is 9.47 Å². The molecule has 1 N–H and O–H groups in total. The Morgan fingerprint density at radius 2 is 1.76 bits per heavy atom. The van der Waals surface area contributed by atoms with Crippen molar-refractivity contribution < 1.29 is 14.3 Å². The van der Waals surface area contributed by atoms with Crippen molar-refractivity contribution in [3.8, 4) is 28.4 Å². The summed E-state index contributed by atoms with van der Waals surface area (Å²) in [4.78, 5) is 16.7. The number of hydrogen-bond acceptors (Lipinski definition) is 4. The average molecular weight is 452 g/mol. The van der Waals surface area contributed by atoms with Gasteiger partial charge in [-0.2, -0.15) is 0 Å². The van der Waals surface area contributed by atoms with E-state index >= 15 is 0 Å². The lowest BCUT2D eigenvalue weighted by molar-refractivity contribution is -0.121. The summed E-state index contributed by atoms with van der Waals surface area (Å²) in [6, 6.07) is 20.8. The number of aromatic nitrogens is 2. The second-order valence-corrected chi connectivity index (χ2v) is 8.67. The van der Waals surface area contributed by atoms with E-state index in [2.05, 4.69) is 51.3 Å². The van der Waals surface area contributed by atoms with Gasteiger partial charge in [-0.3, -0.25) is 9.78 Å². The standard InChI is InChI=1S/C28H25N3O3/c32-27(30-17-19-11-13-29-14-12-19)10-8-22-15-21-6-5-20-3-1-2-4-24(20)28(21)31(22)23-7-9-25-26(16-23)34-18-33-25/h1-4,7,9,11-16H,5-6,8,10,17-18H2,(H,30,32). The molecule has 0 unspecified atom stereocenters. The highest BCUT2D eigenvalue weighted by Gasteiger charge is 2.25. The lowest BCUT2D eigenvalue weighted by Crippen LogP contribution is -2.23. The molecule has 3 heterocycles. The van der Waals surface area contributed by atoms with E-state index in [1.54, 1.807) is 12.4 Å². The van der Waals surface area contributed by atoms with Crippen molar-refractivity contribution in [1.82, 2.24) is 14.9 Å². The topological polar surface area (TPSA) is 65.4 Å². The molecule has 2 aromatic heterocycles. The predicted octanol–water partition coefficient (Wildman–Crippen LogP) is 4.62. The first-order valence-electron chi connectivity index (χ1n) is 11.6. The second kappa shape index (κ2) is 8.71. The van der Waals surface area contributed by atoms with Gasteiger partial charge in [-0.15, -0.1) is 0 Å². The molecule has 0 saturated carbocycles. The van der Waals surface area contributed by atoms with Gasteiger partial charge in [-0.1, -0.05) is 24.3 Å². The molecule has 0 saturated heterocycles. The van der Waals surface area contributed by atoms with Gasteiger partial charge in [0.1, 0.15) is 0 Å². The van der Waals surface area contributed by atoms with Gasteiger partial charge in [0, 0.05) is 48.4 Å². The molecule has 6 heteroatoms. The molecule has 1 amide bonds. The zero-order valence-electron chi connectivity index (χ0n) is 18.8. The van der Waals surface area contributed by atoms with Crippen molar-refractivity contribution in [2.24, 2.45) is 0 Å². The number of benzene rings is 2. The minimum Gasteiger partial charge on any atom is -0.454 e. The molecule has 6 nitrogen and oxygen atoms in total. The van der Waals surface area contributed by atoms with Gasteiger partial charge < -0.3 is 19.4 Å². The number of rotatable bonds is 6. The summed E-state index contributed by atoms with van der Waals surface area (Å²) < 4.78 is 13.5. The first-order valence-corrected chi connectivity index (χ1v) is 11.6. The summed E-state index contributed by atoms with van der Waals surface area (Å²) >= 11 is 0. The smallest absolute Gasteiger partial charge is 0.231 e. The molecule has 0 bridgehead atoms. The Bertz CT molecular complexity index is 1360. The normalized spacial score (nSPS) is 13.3. The Morgan fingerprint density at radius 1 is 0.941 bits per heavy atom. The van der Waals surface area contributed by atoms with Gasteiger partial charge in [0.15, 0.2) is 11.5 Å². The van der Waals surface area contributed by atoms with Crippen molar-refractivity contribution in [2.75, 3.05) is 6.79 Å². The number of amides is 1. The van der Waals surface area contributed by atoms with Gasteiger partial charge in [-0.25, -0.2) is 0 Å². The summed E-state index contributed by atoms with van der Waals surface area (Å²) in [7, 11) is 0. The Hall–Kier alpha value is -4.06. The third-order valence-electron chi connectivity index (χ3n) is 6.55. The van der Waals surface area contributed by atoms with E-state index < -0.39 is 0 Å². The molecular formula is C28H25N3O3. The zero-order valence-corrected chi connectivity index (χ0v) is 18.8. The summed E-state index contributed by atoms with van der Waals surface area (Å²) in [5.74, 6) is 1.56. The molecule has 170 valence electrons. The SMILES string of the molecule is O=C(CCc1cc2c(n1-c1ccc3c(c1)OCO3)-c1ccccc1CC2)NCc1ccncc1. The highest BCUT2D eigenvalue weighted by molar-refractivity contribution is 5.77. The van der Waals surface area contributed by atoms with E-state index in [1.807, 2.05) is 24.3 Å². The molecule has 0 fully saturated rings. The summed E-state index contributed by atoms with van der Waals surface area (Å²) in [5.41, 5.74) is 8.34. The van der Waals surface area contributed by atoms with Crippen LogP contribution in [0.4, 0.5) is 0 Å². The number of pyridine rings is 1. The fourth-order valence-corrected chi connectivity index (χ4v) is 4.88. The van der Waals surface area contributed by atoms with Crippen LogP contribution in [0.5, 0.6) is 11.5 Å². The molecular weight excluding hydrogens is 426 g/mol. The first kappa shape index (κ1) is 20.5. The van der Waals surface area contributed by atoms with Crippen LogP contribution in [0, 0.1) is 0 Å². The molecule has 34 heavy (non-hydrogen) atoms. The second-order valence-electron chi connectivity index (χ2n) is 8.67. The van der Waals surface area contributed by atoms with Crippen LogP contribution >= 0.6 is 0 Å². The van der Waals surface area contributed by atoms with Crippen LogP contribution in [0.2, 0.25) is 0 Å². The molecule has 4 aromatic rings. The van der Waals surface area contributed by atoms with Gasteiger partial charge in [0.2, 0.25) is 12.7 Å². The largest absolute Gasteiger partial charge is 0.454 e. The Balaban J connectivity index is 1.32. The van der Waals surface area contributed by atoms with Crippen molar-refractivity contribution in [1.29, 1.82) is 0 Å². The quantitative estimate of drug-likeness (QED) is 0.465. The molecule has 0 atom stereocenters. The van der Waals surface area contributed by atoms with Crippen LogP contribution < -0.4 is 14.8 Å². The molecule has 2 aromatic carbocycles. The predicted molar refractivity (Wildman–Crippen MR) is 129 cm³/mol. The first-order chi connectivity index (χ1) is 16.8. The van der Waals surface area contributed by atoms with Gasteiger partial charge in [0.25, 0.3) is 0 Å². The third-order valence-corrected chi connectivity index (χ3v) is 6.55. The Labute approximate surface area is 198 Å². The van der Waals surface area contributed by atoms with E-state index in [9.17, 15) is 4.79 Å². The Kier molecular flexibility index (Phi) is 5.26. The molecule has 1 aliphatic heterocycles. The molecule has 6 rings (SSSR count). The fourth-order valence-electron chi connectivity index (χ4n) is 4.88. The van der Waals surface area contributed by atoms with Crippen LogP contribution in [0.25, 0.3) is 16.9 Å². The van der Waals surface area contributed by atoms with Crippen molar-refractivity contribution in [3.63, 3.8) is 0 Å². The van der Waals surface area contributed by atoms with Gasteiger partial charge in [0.05, 0.1) is 5.69 Å². The van der Waals surface area contributed by atoms with Gasteiger partial charge >= 0.3 is 0 Å². The van der Waals surface area contributed by atoms with Crippen molar-refractivity contribution in [3.05, 3.63) is 95.4 Å². The number of hydrogen-bond donors (Lipinski definition) is 1. The monoisotopic (exact) mass is 451 g/mol. The summed E-state index contributed by atoms with van der Waals surface area (Å²) in [5, 5.41) is 3.03. The maximum atomic E-state index is 12.7. The fraction of sp³-hybridized carbons (Fsp3) is 0.214. The van der Waals surface area contributed by atoms with Crippen molar-refractivity contribution >= 4 is 5.91 Å². The molecule has 2 aliphatic rings. The van der Waals surface area contributed by atoms with Crippen LogP contribution in [-0.4, -0.2) is 22.3 Å². The zero-order chi connectivity index (χ0) is 22.9. The maximum Gasteiger partial charge on any atom is 0.231 e. The van der Waals surface area contributed by atoms with Crippen LogP contribution in [0.1, 0.15) is 28.8 Å². The van der Waals surface area contributed by atoms with Crippen LogP contribution in [0.15, 0.2) is 73.1 Å². The third kappa shape index (κ3) is 3.81. The average Bonchev–Trinajstić information content (AvgIpc) is 3.50. The van der Waals surface area contributed by atoms with E-state index in [0.717, 1.165) is 41.3 Å². The number of fused-ring (bicyclic) bond motifs is 4. The number of carbonyl (C=O) groups is 1. The number of nitrogens with zero attached hydrogens (tertiary/aromatic N) is 2. The van der Waals surface area contributed by atoms with E-state index in [-0.39, 0.29) is 12.7 Å². The highest BCUT2D eigenvalue weighted by Crippen LogP contribution is 2.40. The molecule has 0 spiro atoms. The Morgan fingerprint density at radius 3 is 2.68 bits per heavy atom. The molecule has 1 aliphatic carbocycles. The lowest BCUT2D eigenvalue weighted by Gasteiger charge is -2.21. The number of carbonyl (C=O) groups excluding carboxylic acids is 1. The minimum absolute atomic E-state index is 0.0358. The highest BCUT2D eigenvalue weighted by atomic mass is 16.7. The van der Waals surface area contributed by atoms with E-state index in [0.29, 0.717) is 19.4 Å². The number of nitrogens with one attached hydrogen (secondary N) is 1. The minimum atomic E-state index is 0.0358. The van der Waals surface area contributed by atoms with Crippen LogP contribution in [-0.2, 0) is 30.6 Å². The van der Waals surface area contributed by atoms with Crippen LogP contribution in [0.3, 0.4) is 0 Å². The van der Waals surface area contributed by atoms with Crippen molar-refractivity contribution in [2.45, 2.75) is 32.2 Å². The number of ether oxygens (including phenoxy) is 2. The summed E-state index contributed by atoms with van der Waals surface area (Å²) in [6.07, 6.45) is 6.56. The number of aryl methyl sites for hydroxylation is 3. The molecule has 0 radical (unpaired) electrons. The lowest BCUT2D eigenvalue weighted by atomic mass is 9.90. The van der Waals surface area contributed by atoms with E-state index in [1.165, 1.54) is 22.4 Å².